The molecular formula is C7H5BrClNO. The monoisotopic (exact) mass is 233 g/mol. The summed E-state index contributed by atoms with van der Waals surface area (Å²) >= 11 is 8.80. The first-order valence-electron chi connectivity index (χ1n) is 2.87. The zero-order valence-corrected chi connectivity index (χ0v) is 7.80. The van der Waals surface area contributed by atoms with Crippen LogP contribution in [0.25, 0.3) is 0 Å². The Balaban J connectivity index is 2.99. The number of halogens is 2. The lowest BCUT2D eigenvalue weighted by molar-refractivity contribution is 0.321. The van der Waals surface area contributed by atoms with E-state index >= 15 is 0 Å². The first kappa shape index (κ1) is 8.56. The lowest BCUT2D eigenvalue weighted by Crippen LogP contribution is -1.89. The van der Waals surface area contributed by atoms with Crippen LogP contribution in [0.2, 0.25) is 0 Å². The molecule has 1 rings (SSSR count). The SMILES string of the molecule is O/N=C(\Cl)c1ccc(Br)cc1. The van der Waals surface area contributed by atoms with Crippen LogP contribution in [0, 0.1) is 0 Å². The highest BCUT2D eigenvalue weighted by atomic mass is 79.9. The lowest BCUT2D eigenvalue weighted by atomic mass is 10.2. The van der Waals surface area contributed by atoms with E-state index in [0.29, 0.717) is 5.56 Å². The first-order valence-corrected chi connectivity index (χ1v) is 4.04. The fraction of sp³-hybridized carbons (Fsp3) is 0. The molecule has 0 aliphatic heterocycles. The summed E-state index contributed by atoms with van der Waals surface area (Å²) in [6, 6.07) is 7.16. The topological polar surface area (TPSA) is 32.6 Å². The van der Waals surface area contributed by atoms with E-state index in [2.05, 4.69) is 21.1 Å². The molecule has 1 aromatic carbocycles. The van der Waals surface area contributed by atoms with Crippen LogP contribution in [-0.4, -0.2) is 10.4 Å². The Morgan fingerprint density at radius 2 is 1.91 bits per heavy atom. The molecule has 0 aromatic heterocycles. The molecule has 0 atom stereocenters. The summed E-state index contributed by atoms with van der Waals surface area (Å²) in [6.07, 6.45) is 0. The van der Waals surface area contributed by atoms with Crippen LogP contribution >= 0.6 is 27.5 Å². The smallest absolute Gasteiger partial charge is 0.175 e. The molecule has 0 heterocycles. The van der Waals surface area contributed by atoms with Crippen LogP contribution in [0.15, 0.2) is 33.9 Å². The molecule has 0 amide bonds. The van der Waals surface area contributed by atoms with Gasteiger partial charge in [0, 0.05) is 10.0 Å². The third-order valence-corrected chi connectivity index (χ3v) is 1.99. The fourth-order valence-corrected chi connectivity index (χ4v) is 1.04. The number of hydrogen-bond acceptors (Lipinski definition) is 2. The third kappa shape index (κ3) is 2.20. The highest BCUT2D eigenvalue weighted by Crippen LogP contribution is 2.12. The van der Waals surface area contributed by atoms with E-state index in [1.165, 1.54) is 0 Å². The molecule has 2 nitrogen and oxygen atoms in total. The summed E-state index contributed by atoms with van der Waals surface area (Å²) in [6.45, 7) is 0. The third-order valence-electron chi connectivity index (χ3n) is 1.17. The van der Waals surface area contributed by atoms with Crippen LogP contribution < -0.4 is 0 Å². The maximum atomic E-state index is 8.30. The minimum absolute atomic E-state index is 0.0949. The van der Waals surface area contributed by atoms with Gasteiger partial charge in [0.25, 0.3) is 0 Å². The summed E-state index contributed by atoms with van der Waals surface area (Å²) in [4.78, 5) is 0. The van der Waals surface area contributed by atoms with Gasteiger partial charge in [-0.25, -0.2) is 0 Å². The Morgan fingerprint density at radius 3 is 2.36 bits per heavy atom. The number of benzene rings is 1. The van der Waals surface area contributed by atoms with Crippen LogP contribution in [0.1, 0.15) is 5.56 Å². The highest BCUT2D eigenvalue weighted by Gasteiger charge is 1.97. The molecule has 0 unspecified atom stereocenters. The van der Waals surface area contributed by atoms with E-state index in [1.807, 2.05) is 12.1 Å². The molecular weight excluding hydrogens is 229 g/mol. The Morgan fingerprint density at radius 1 is 1.36 bits per heavy atom. The van der Waals surface area contributed by atoms with Crippen LogP contribution in [0.4, 0.5) is 0 Å². The Hall–Kier alpha value is -0.540. The van der Waals surface area contributed by atoms with E-state index in [9.17, 15) is 0 Å². The highest BCUT2D eigenvalue weighted by molar-refractivity contribution is 9.10. The molecule has 0 fully saturated rings. The minimum atomic E-state index is 0.0949. The molecule has 4 heteroatoms. The van der Waals surface area contributed by atoms with E-state index in [0.717, 1.165) is 4.47 Å². The van der Waals surface area contributed by atoms with Gasteiger partial charge in [0.15, 0.2) is 5.17 Å². The number of hydrogen-bond donors (Lipinski definition) is 1. The van der Waals surface area contributed by atoms with Crippen molar-refractivity contribution in [2.75, 3.05) is 0 Å². The molecule has 0 radical (unpaired) electrons. The summed E-state index contributed by atoms with van der Waals surface area (Å²) < 4.78 is 0.962. The number of oxime groups is 1. The van der Waals surface area contributed by atoms with Gasteiger partial charge in [0.05, 0.1) is 0 Å². The second-order valence-corrected chi connectivity index (χ2v) is 3.17. The fourth-order valence-electron chi connectivity index (χ4n) is 0.645. The van der Waals surface area contributed by atoms with E-state index in [4.69, 9.17) is 16.8 Å². The van der Waals surface area contributed by atoms with Crippen molar-refractivity contribution < 1.29 is 5.21 Å². The van der Waals surface area contributed by atoms with Gasteiger partial charge in [-0.1, -0.05) is 44.8 Å². The maximum absolute atomic E-state index is 8.30. The Bertz CT molecular complexity index is 270. The minimum Gasteiger partial charge on any atom is -0.410 e. The van der Waals surface area contributed by atoms with Gasteiger partial charge in [-0.3, -0.25) is 0 Å². The molecule has 0 saturated carbocycles. The molecule has 0 spiro atoms. The van der Waals surface area contributed by atoms with Gasteiger partial charge in [0.1, 0.15) is 0 Å². The summed E-state index contributed by atoms with van der Waals surface area (Å²) in [5.41, 5.74) is 0.692. The molecule has 0 saturated heterocycles. The average Bonchev–Trinajstić information content (AvgIpc) is 2.05. The molecule has 1 N–H and O–H groups in total. The predicted octanol–water partition coefficient (Wildman–Crippen LogP) is 2.82. The molecule has 0 aliphatic rings. The van der Waals surface area contributed by atoms with Crippen molar-refractivity contribution in [3.05, 3.63) is 34.3 Å². The molecule has 1 aromatic rings. The summed E-state index contributed by atoms with van der Waals surface area (Å²) in [5.74, 6) is 0. The van der Waals surface area contributed by atoms with Crippen LogP contribution in [0.5, 0.6) is 0 Å². The van der Waals surface area contributed by atoms with Crippen molar-refractivity contribution >= 4 is 32.7 Å². The zero-order valence-electron chi connectivity index (χ0n) is 5.46. The second kappa shape index (κ2) is 3.74. The first-order chi connectivity index (χ1) is 5.24. The Kier molecular flexibility index (Phi) is 2.91. The Labute approximate surface area is 77.6 Å². The van der Waals surface area contributed by atoms with E-state index < -0.39 is 0 Å². The van der Waals surface area contributed by atoms with Crippen molar-refractivity contribution in [3.8, 4) is 0 Å². The van der Waals surface area contributed by atoms with E-state index in [-0.39, 0.29) is 5.17 Å². The lowest BCUT2D eigenvalue weighted by Gasteiger charge is -1.94. The summed E-state index contributed by atoms with van der Waals surface area (Å²) in [5, 5.41) is 11.3. The largest absolute Gasteiger partial charge is 0.410 e. The van der Waals surface area contributed by atoms with Crippen molar-refractivity contribution in [1.82, 2.24) is 0 Å². The average molecular weight is 234 g/mol. The van der Waals surface area contributed by atoms with Gasteiger partial charge in [-0.05, 0) is 12.1 Å². The van der Waals surface area contributed by atoms with Gasteiger partial charge < -0.3 is 5.21 Å². The van der Waals surface area contributed by atoms with Gasteiger partial charge in [0.2, 0.25) is 0 Å². The van der Waals surface area contributed by atoms with Gasteiger partial charge in [-0.2, -0.15) is 0 Å². The quantitative estimate of drug-likeness (QED) is 0.452. The number of rotatable bonds is 1. The molecule has 0 aliphatic carbocycles. The predicted molar refractivity (Wildman–Crippen MR) is 48.3 cm³/mol. The zero-order chi connectivity index (χ0) is 8.27. The number of nitrogens with zero attached hydrogens (tertiary/aromatic N) is 1. The standard InChI is InChI=1S/C7H5BrClNO/c8-6-3-1-5(2-4-6)7(9)10-11/h1-4,11H/b10-7-. The van der Waals surface area contributed by atoms with E-state index in [1.54, 1.807) is 12.1 Å². The van der Waals surface area contributed by atoms with Crippen LogP contribution in [0.3, 0.4) is 0 Å². The second-order valence-electron chi connectivity index (χ2n) is 1.90. The normalized spacial score (nSPS) is 11.6. The summed E-state index contributed by atoms with van der Waals surface area (Å²) in [7, 11) is 0. The van der Waals surface area contributed by atoms with Crippen molar-refractivity contribution in [2.45, 2.75) is 0 Å². The molecule has 11 heavy (non-hydrogen) atoms. The van der Waals surface area contributed by atoms with Gasteiger partial charge in [-0.15, -0.1) is 0 Å². The van der Waals surface area contributed by atoms with Gasteiger partial charge >= 0.3 is 0 Å². The maximum Gasteiger partial charge on any atom is 0.175 e. The van der Waals surface area contributed by atoms with Crippen molar-refractivity contribution in [2.24, 2.45) is 5.16 Å². The van der Waals surface area contributed by atoms with Crippen molar-refractivity contribution in [3.63, 3.8) is 0 Å². The molecule has 0 bridgehead atoms. The molecule has 58 valence electrons. The van der Waals surface area contributed by atoms with Crippen molar-refractivity contribution in [1.29, 1.82) is 0 Å². The van der Waals surface area contributed by atoms with Crippen LogP contribution in [-0.2, 0) is 0 Å².